The second kappa shape index (κ2) is 9.54. The van der Waals surface area contributed by atoms with Crippen molar-refractivity contribution >= 4 is 12.0 Å². The maximum atomic E-state index is 14.1. The maximum absolute atomic E-state index is 14.1. The smallest absolute Gasteiger partial charge is 0.247 e. The van der Waals surface area contributed by atoms with Crippen LogP contribution in [0.4, 0.5) is 8.78 Å². The van der Waals surface area contributed by atoms with Gasteiger partial charge in [-0.2, -0.15) is 0 Å². The van der Waals surface area contributed by atoms with Crippen LogP contribution in [0.15, 0.2) is 42.5 Å². The Kier molecular flexibility index (Phi) is 6.86. The predicted octanol–water partition coefficient (Wildman–Crippen LogP) is 4.97. The quantitative estimate of drug-likeness (QED) is 0.615. The number of benzene rings is 2. The fourth-order valence-corrected chi connectivity index (χ4v) is 3.68. The summed E-state index contributed by atoms with van der Waals surface area (Å²) in [7, 11) is 3.10. The van der Waals surface area contributed by atoms with E-state index in [0.717, 1.165) is 31.2 Å². The Balaban J connectivity index is 1.82. The van der Waals surface area contributed by atoms with Gasteiger partial charge in [0.25, 0.3) is 0 Å². The van der Waals surface area contributed by atoms with Gasteiger partial charge in [0, 0.05) is 17.7 Å². The third-order valence-electron chi connectivity index (χ3n) is 5.26. The fraction of sp³-hybridized carbons (Fsp3) is 0.348. The summed E-state index contributed by atoms with van der Waals surface area (Å²) in [6, 6.07) is 9.07. The van der Waals surface area contributed by atoms with E-state index >= 15 is 0 Å². The van der Waals surface area contributed by atoms with E-state index in [1.807, 2.05) is 6.07 Å². The van der Waals surface area contributed by atoms with Gasteiger partial charge in [-0.05, 0) is 48.7 Å². The topological polar surface area (TPSA) is 38.8 Å². The number of halogens is 2. The van der Waals surface area contributed by atoms with Crippen LogP contribution < -0.4 is 9.47 Å². The molecule has 4 nitrogen and oxygen atoms in total. The molecule has 29 heavy (non-hydrogen) atoms. The van der Waals surface area contributed by atoms with Crippen LogP contribution in [0.25, 0.3) is 6.08 Å². The molecule has 0 saturated heterocycles. The molecule has 6 heteroatoms. The van der Waals surface area contributed by atoms with E-state index in [4.69, 9.17) is 9.47 Å². The van der Waals surface area contributed by atoms with E-state index in [2.05, 4.69) is 0 Å². The third kappa shape index (κ3) is 4.94. The zero-order valence-corrected chi connectivity index (χ0v) is 16.7. The molecule has 0 heterocycles. The lowest BCUT2D eigenvalue weighted by atomic mass is 10.1. The van der Waals surface area contributed by atoms with Crippen LogP contribution in [0.2, 0.25) is 0 Å². The van der Waals surface area contributed by atoms with E-state index in [-0.39, 0.29) is 24.1 Å². The summed E-state index contributed by atoms with van der Waals surface area (Å²) < 4.78 is 38.8. The number of ether oxygens (including phenoxy) is 2. The molecule has 0 aliphatic heterocycles. The van der Waals surface area contributed by atoms with Crippen molar-refractivity contribution in [2.75, 3.05) is 14.2 Å². The number of rotatable bonds is 7. The largest absolute Gasteiger partial charge is 0.493 e. The van der Waals surface area contributed by atoms with Crippen molar-refractivity contribution in [1.29, 1.82) is 0 Å². The van der Waals surface area contributed by atoms with E-state index in [9.17, 15) is 13.6 Å². The molecule has 3 rings (SSSR count). The normalized spacial score (nSPS) is 14.3. The van der Waals surface area contributed by atoms with Crippen LogP contribution >= 0.6 is 0 Å². The molecular formula is C23H25F2NO3. The number of hydrogen-bond donors (Lipinski definition) is 0. The van der Waals surface area contributed by atoms with E-state index in [1.165, 1.54) is 24.3 Å². The van der Waals surface area contributed by atoms with Crippen molar-refractivity contribution in [1.82, 2.24) is 4.90 Å². The molecule has 1 aliphatic rings. The molecule has 2 aromatic rings. The van der Waals surface area contributed by atoms with Gasteiger partial charge in [0.05, 0.1) is 20.8 Å². The highest BCUT2D eigenvalue weighted by Crippen LogP contribution is 2.29. The van der Waals surface area contributed by atoms with Crippen molar-refractivity contribution < 1.29 is 23.0 Å². The van der Waals surface area contributed by atoms with Crippen LogP contribution in [-0.4, -0.2) is 31.1 Å². The Morgan fingerprint density at radius 1 is 1.07 bits per heavy atom. The summed E-state index contributed by atoms with van der Waals surface area (Å²) in [6.45, 7) is -0.0850. The Bertz CT molecular complexity index is 871. The minimum absolute atomic E-state index is 0.0171. The monoisotopic (exact) mass is 401 g/mol. The van der Waals surface area contributed by atoms with Gasteiger partial charge >= 0.3 is 0 Å². The Hall–Kier alpha value is -2.89. The summed E-state index contributed by atoms with van der Waals surface area (Å²) in [4.78, 5) is 14.5. The fourth-order valence-electron chi connectivity index (χ4n) is 3.68. The van der Waals surface area contributed by atoms with Crippen molar-refractivity contribution in [3.05, 3.63) is 65.2 Å². The number of carbonyl (C=O) groups is 1. The summed E-state index contributed by atoms with van der Waals surface area (Å²) in [5, 5.41) is 0. The molecule has 1 aliphatic carbocycles. The number of nitrogens with zero attached hydrogens (tertiary/aromatic N) is 1. The number of carbonyl (C=O) groups excluding carboxylic acids is 1. The Morgan fingerprint density at radius 2 is 1.72 bits per heavy atom. The van der Waals surface area contributed by atoms with E-state index in [0.29, 0.717) is 11.5 Å². The van der Waals surface area contributed by atoms with Gasteiger partial charge in [-0.15, -0.1) is 0 Å². The van der Waals surface area contributed by atoms with Gasteiger partial charge < -0.3 is 14.4 Å². The lowest BCUT2D eigenvalue weighted by Gasteiger charge is -2.28. The highest BCUT2D eigenvalue weighted by molar-refractivity contribution is 5.92. The van der Waals surface area contributed by atoms with Gasteiger partial charge in [-0.25, -0.2) is 8.78 Å². The molecule has 154 valence electrons. The third-order valence-corrected chi connectivity index (χ3v) is 5.26. The van der Waals surface area contributed by atoms with Crippen molar-refractivity contribution in [2.45, 2.75) is 38.3 Å². The van der Waals surface area contributed by atoms with Gasteiger partial charge in [-0.1, -0.05) is 25.0 Å². The van der Waals surface area contributed by atoms with Crippen molar-refractivity contribution in [2.24, 2.45) is 0 Å². The number of amides is 1. The highest BCUT2D eigenvalue weighted by atomic mass is 19.1. The molecule has 0 bridgehead atoms. The van der Waals surface area contributed by atoms with Crippen LogP contribution in [-0.2, 0) is 11.3 Å². The average Bonchev–Trinajstić information content (AvgIpc) is 3.26. The molecule has 0 atom stereocenters. The Labute approximate surface area is 169 Å². The maximum Gasteiger partial charge on any atom is 0.247 e. The molecule has 0 spiro atoms. The van der Waals surface area contributed by atoms with Crippen LogP contribution in [0.3, 0.4) is 0 Å². The average molecular weight is 401 g/mol. The zero-order valence-electron chi connectivity index (χ0n) is 16.7. The minimum Gasteiger partial charge on any atom is -0.493 e. The van der Waals surface area contributed by atoms with Crippen molar-refractivity contribution in [3.63, 3.8) is 0 Å². The van der Waals surface area contributed by atoms with Gasteiger partial charge in [0.2, 0.25) is 5.91 Å². The number of hydrogen-bond acceptors (Lipinski definition) is 3. The number of methoxy groups -OCH3 is 2. The molecule has 1 saturated carbocycles. The lowest BCUT2D eigenvalue weighted by Crippen LogP contribution is -2.37. The van der Waals surface area contributed by atoms with Crippen LogP contribution in [0.1, 0.15) is 36.8 Å². The standard InChI is InChI=1S/C23H25F2NO3/c1-28-21-12-10-16(14-22(21)29-2)11-13-23(27)26(17-6-3-4-7-17)15-18-19(24)8-5-9-20(18)25/h5,8-14,17H,3-4,6-7,15H2,1-2H3/b13-11+. The summed E-state index contributed by atoms with van der Waals surface area (Å²) in [5.41, 5.74) is 0.687. The summed E-state index contributed by atoms with van der Waals surface area (Å²) in [6.07, 6.45) is 6.81. The first-order valence-electron chi connectivity index (χ1n) is 9.67. The summed E-state index contributed by atoms with van der Waals surface area (Å²) in [5.74, 6) is -0.384. The minimum atomic E-state index is -0.635. The first-order valence-corrected chi connectivity index (χ1v) is 9.67. The van der Waals surface area contributed by atoms with Gasteiger partial charge in [-0.3, -0.25) is 4.79 Å². The molecule has 0 aromatic heterocycles. The molecular weight excluding hydrogens is 376 g/mol. The molecule has 0 unspecified atom stereocenters. The van der Waals surface area contributed by atoms with Gasteiger partial charge in [0.1, 0.15) is 11.6 Å². The lowest BCUT2D eigenvalue weighted by molar-refractivity contribution is -0.128. The highest BCUT2D eigenvalue weighted by Gasteiger charge is 2.27. The van der Waals surface area contributed by atoms with Gasteiger partial charge in [0.15, 0.2) is 11.5 Å². The zero-order chi connectivity index (χ0) is 20.8. The van der Waals surface area contributed by atoms with E-state index in [1.54, 1.807) is 37.3 Å². The molecule has 1 fully saturated rings. The predicted molar refractivity (Wildman–Crippen MR) is 108 cm³/mol. The molecule has 2 aromatic carbocycles. The molecule has 1 amide bonds. The summed E-state index contributed by atoms with van der Waals surface area (Å²) >= 11 is 0. The van der Waals surface area contributed by atoms with Crippen molar-refractivity contribution in [3.8, 4) is 11.5 Å². The first-order chi connectivity index (χ1) is 14.0. The second-order valence-corrected chi connectivity index (χ2v) is 7.05. The second-order valence-electron chi connectivity index (χ2n) is 7.05. The van der Waals surface area contributed by atoms with Crippen LogP contribution in [0.5, 0.6) is 11.5 Å². The first kappa shape index (κ1) is 20.8. The van der Waals surface area contributed by atoms with E-state index < -0.39 is 11.6 Å². The molecule has 0 radical (unpaired) electrons. The Morgan fingerprint density at radius 3 is 2.34 bits per heavy atom. The van der Waals surface area contributed by atoms with Crippen LogP contribution in [0, 0.1) is 11.6 Å². The SMILES string of the molecule is COc1ccc(/C=C/C(=O)N(Cc2c(F)cccc2F)C2CCCC2)cc1OC. The molecule has 0 N–H and O–H groups in total.